The van der Waals surface area contributed by atoms with Crippen molar-refractivity contribution in [2.75, 3.05) is 7.11 Å². The SMILES string of the molecule is COC(=O)c1csc(-c2ccc(-c3nc(C(=O)NCc4ccccc4)cs3)c(-c3csc(-c4csc([C@@H](NC(C)=O)[C@H](OC(C)=O)c5ccccc5)n4)n3)n2)n1. The largest absolute Gasteiger partial charge is 0.464 e. The number of carbonyl (C=O) groups excluding carboxylic acids is 4. The predicted octanol–water partition coefficient (Wildman–Crippen LogP) is 7.77. The van der Waals surface area contributed by atoms with Gasteiger partial charge in [-0.3, -0.25) is 14.4 Å². The molecule has 0 saturated carbocycles. The average Bonchev–Trinajstić information content (AvgIpc) is 4.06. The number of hydrogen-bond acceptors (Lipinski definition) is 15. The standard InChI is InChI=1S/C39H31N7O6S4/c1-21(47)41-32(33(52-22(2)48)24-12-8-5-9-13-24)38-45-29(19-56-38)37-43-27(17-54-37)31-25(14-15-26(42-31)36-46-30(20-55-36)39(50)51-3)35-44-28(18-53-35)34(49)40-16-23-10-6-4-7-11-23/h4-15,17-20,32-33H,16H2,1-3H3,(H,40,49)(H,41,47)/t32-,33+/m0/s1. The quantitative estimate of drug-likeness (QED) is 0.109. The highest BCUT2D eigenvalue weighted by molar-refractivity contribution is 7.14. The molecule has 282 valence electrons. The molecule has 0 spiro atoms. The van der Waals surface area contributed by atoms with Crippen molar-refractivity contribution in [1.82, 2.24) is 35.6 Å². The molecule has 0 radical (unpaired) electrons. The maximum Gasteiger partial charge on any atom is 0.357 e. The third-order valence-electron chi connectivity index (χ3n) is 8.11. The number of pyridine rings is 1. The highest BCUT2D eigenvalue weighted by Gasteiger charge is 2.31. The molecule has 0 aliphatic heterocycles. The van der Waals surface area contributed by atoms with E-state index in [4.69, 9.17) is 24.4 Å². The number of methoxy groups -OCH3 is 1. The molecular weight excluding hydrogens is 791 g/mol. The number of amides is 2. The van der Waals surface area contributed by atoms with Gasteiger partial charge in [-0.05, 0) is 23.3 Å². The van der Waals surface area contributed by atoms with Crippen LogP contribution in [0.25, 0.3) is 43.4 Å². The van der Waals surface area contributed by atoms with Crippen molar-refractivity contribution in [2.24, 2.45) is 0 Å². The summed E-state index contributed by atoms with van der Waals surface area (Å²) in [5.41, 5.74) is 4.80. The fraction of sp³-hybridized carbons (Fsp3) is 0.154. The summed E-state index contributed by atoms with van der Waals surface area (Å²) >= 11 is 5.21. The minimum absolute atomic E-state index is 0.169. The number of nitrogens with zero attached hydrogens (tertiary/aromatic N) is 5. The zero-order valence-electron chi connectivity index (χ0n) is 29.9. The van der Waals surface area contributed by atoms with Crippen molar-refractivity contribution in [3.63, 3.8) is 0 Å². The second-order valence-corrected chi connectivity index (χ2v) is 15.5. The van der Waals surface area contributed by atoms with Gasteiger partial charge in [0, 0.05) is 47.5 Å². The molecule has 2 aromatic carbocycles. The lowest BCUT2D eigenvalue weighted by molar-refractivity contribution is -0.149. The fourth-order valence-electron chi connectivity index (χ4n) is 5.57. The lowest BCUT2D eigenvalue weighted by atomic mass is 10.0. The van der Waals surface area contributed by atoms with Crippen molar-refractivity contribution < 1.29 is 28.7 Å². The van der Waals surface area contributed by atoms with E-state index in [1.807, 2.05) is 77.5 Å². The van der Waals surface area contributed by atoms with Crippen LogP contribution in [0.2, 0.25) is 0 Å². The van der Waals surface area contributed by atoms with E-state index in [0.29, 0.717) is 60.5 Å². The van der Waals surface area contributed by atoms with Crippen LogP contribution in [0, 0.1) is 0 Å². The number of ether oxygens (including phenoxy) is 2. The summed E-state index contributed by atoms with van der Waals surface area (Å²) in [5, 5.41) is 15.0. The van der Waals surface area contributed by atoms with E-state index in [1.165, 1.54) is 66.3 Å². The highest BCUT2D eigenvalue weighted by atomic mass is 32.1. The zero-order chi connectivity index (χ0) is 39.2. The molecule has 0 unspecified atom stereocenters. The molecular formula is C39H31N7O6S4. The van der Waals surface area contributed by atoms with E-state index in [1.54, 1.807) is 16.8 Å². The van der Waals surface area contributed by atoms with E-state index in [-0.39, 0.29) is 23.2 Å². The van der Waals surface area contributed by atoms with E-state index >= 15 is 0 Å². The van der Waals surface area contributed by atoms with Crippen molar-refractivity contribution >= 4 is 69.1 Å². The van der Waals surface area contributed by atoms with Gasteiger partial charge in [-0.2, -0.15) is 0 Å². The number of carbonyl (C=O) groups is 4. The second kappa shape index (κ2) is 17.2. The Balaban J connectivity index is 1.23. The normalized spacial score (nSPS) is 12.1. The van der Waals surface area contributed by atoms with E-state index in [0.717, 1.165) is 5.56 Å². The Morgan fingerprint density at radius 1 is 0.679 bits per heavy atom. The summed E-state index contributed by atoms with van der Waals surface area (Å²) in [6.07, 6.45) is -0.827. The molecule has 0 saturated heterocycles. The van der Waals surface area contributed by atoms with Gasteiger partial charge in [0.15, 0.2) is 11.8 Å². The van der Waals surface area contributed by atoms with Crippen LogP contribution < -0.4 is 10.6 Å². The van der Waals surface area contributed by atoms with Gasteiger partial charge in [0.2, 0.25) is 5.91 Å². The highest BCUT2D eigenvalue weighted by Crippen LogP contribution is 2.39. The fourth-order valence-corrected chi connectivity index (χ4v) is 8.87. The molecule has 56 heavy (non-hydrogen) atoms. The number of benzene rings is 2. The van der Waals surface area contributed by atoms with Gasteiger partial charge in [-0.15, -0.1) is 45.3 Å². The number of hydrogen-bond donors (Lipinski definition) is 2. The molecule has 5 aromatic heterocycles. The van der Waals surface area contributed by atoms with E-state index in [9.17, 15) is 19.2 Å². The molecule has 7 rings (SSSR count). The first-order valence-corrected chi connectivity index (χ1v) is 20.4. The van der Waals surface area contributed by atoms with Crippen LogP contribution in [-0.2, 0) is 25.6 Å². The molecule has 17 heteroatoms. The minimum Gasteiger partial charge on any atom is -0.464 e. The first kappa shape index (κ1) is 38.3. The van der Waals surface area contributed by atoms with Crippen LogP contribution in [0.1, 0.15) is 63.1 Å². The molecule has 0 bridgehead atoms. The smallest absolute Gasteiger partial charge is 0.357 e. The van der Waals surface area contributed by atoms with Crippen LogP contribution in [0.4, 0.5) is 0 Å². The first-order chi connectivity index (χ1) is 27.2. The summed E-state index contributed by atoms with van der Waals surface area (Å²) in [7, 11) is 1.30. The lowest BCUT2D eigenvalue weighted by Crippen LogP contribution is -2.32. The van der Waals surface area contributed by atoms with Gasteiger partial charge in [0.05, 0.1) is 12.8 Å². The maximum absolute atomic E-state index is 13.1. The van der Waals surface area contributed by atoms with Crippen molar-refractivity contribution in [3.05, 3.63) is 122 Å². The number of aromatic nitrogens is 5. The first-order valence-electron chi connectivity index (χ1n) is 16.9. The van der Waals surface area contributed by atoms with Crippen LogP contribution in [0.5, 0.6) is 0 Å². The van der Waals surface area contributed by atoms with Crippen LogP contribution >= 0.6 is 45.3 Å². The third kappa shape index (κ3) is 8.76. The topological polar surface area (TPSA) is 175 Å². The zero-order valence-corrected chi connectivity index (χ0v) is 33.2. The Morgan fingerprint density at radius 2 is 1.34 bits per heavy atom. The van der Waals surface area contributed by atoms with Gasteiger partial charge in [-0.25, -0.2) is 29.7 Å². The van der Waals surface area contributed by atoms with Crippen molar-refractivity contribution in [2.45, 2.75) is 32.5 Å². The predicted molar refractivity (Wildman–Crippen MR) is 215 cm³/mol. The number of esters is 2. The van der Waals surface area contributed by atoms with Crippen molar-refractivity contribution in [1.29, 1.82) is 0 Å². The van der Waals surface area contributed by atoms with E-state index < -0.39 is 24.1 Å². The number of nitrogens with one attached hydrogen (secondary N) is 2. The Morgan fingerprint density at radius 3 is 2.07 bits per heavy atom. The Bertz CT molecular complexity index is 2510. The molecule has 0 aliphatic rings. The van der Waals surface area contributed by atoms with Gasteiger partial charge in [0.25, 0.3) is 5.91 Å². The minimum atomic E-state index is -0.827. The molecule has 7 aromatic rings. The molecule has 2 atom stereocenters. The summed E-state index contributed by atoms with van der Waals surface area (Å²) < 4.78 is 10.6. The molecule has 0 fully saturated rings. The maximum atomic E-state index is 13.1. The summed E-state index contributed by atoms with van der Waals surface area (Å²) in [6, 6.07) is 21.6. The Labute approximate surface area is 336 Å². The average molecular weight is 822 g/mol. The Hall–Kier alpha value is -6.01. The molecule has 5 heterocycles. The van der Waals surface area contributed by atoms with Gasteiger partial charge < -0.3 is 20.1 Å². The third-order valence-corrected chi connectivity index (χ3v) is 11.6. The summed E-state index contributed by atoms with van der Waals surface area (Å²) in [6.45, 7) is 3.08. The monoisotopic (exact) mass is 821 g/mol. The number of rotatable bonds is 13. The van der Waals surface area contributed by atoms with E-state index in [2.05, 4.69) is 20.6 Å². The van der Waals surface area contributed by atoms with Crippen LogP contribution in [-0.4, -0.2) is 55.8 Å². The molecule has 13 nitrogen and oxygen atoms in total. The molecule has 0 aliphatic carbocycles. The molecule has 2 N–H and O–H groups in total. The van der Waals surface area contributed by atoms with Gasteiger partial charge in [-0.1, -0.05) is 60.7 Å². The lowest BCUT2D eigenvalue weighted by Gasteiger charge is -2.26. The van der Waals surface area contributed by atoms with Crippen LogP contribution in [0.15, 0.2) is 94.3 Å². The number of thiazole rings is 4. The van der Waals surface area contributed by atoms with Crippen molar-refractivity contribution in [3.8, 4) is 43.4 Å². The summed E-state index contributed by atoms with van der Waals surface area (Å²) in [5.74, 6) is -1.68. The second-order valence-electron chi connectivity index (χ2n) is 12.1. The summed E-state index contributed by atoms with van der Waals surface area (Å²) in [4.78, 5) is 73.8. The van der Waals surface area contributed by atoms with Gasteiger partial charge in [0.1, 0.15) is 48.8 Å². The van der Waals surface area contributed by atoms with Crippen LogP contribution in [0.3, 0.4) is 0 Å². The Kier molecular flexibility index (Phi) is 11.8. The molecule has 2 amide bonds. The van der Waals surface area contributed by atoms with Gasteiger partial charge >= 0.3 is 11.9 Å².